The number of nitrogens with zero attached hydrogens (tertiary/aromatic N) is 2. The number of hydrogen-bond donors (Lipinski definition) is 1. The van der Waals surface area contributed by atoms with Gasteiger partial charge in [-0.2, -0.15) is 0 Å². The van der Waals surface area contributed by atoms with Gasteiger partial charge in [-0.15, -0.1) is 0 Å². The second kappa shape index (κ2) is 9.09. The van der Waals surface area contributed by atoms with E-state index in [0.29, 0.717) is 5.56 Å². The van der Waals surface area contributed by atoms with Crippen molar-refractivity contribution < 1.29 is 9.53 Å². The number of pyridine rings is 1. The van der Waals surface area contributed by atoms with Gasteiger partial charge >= 0.3 is 0 Å². The van der Waals surface area contributed by atoms with E-state index < -0.39 is 5.91 Å². The molecule has 0 spiro atoms. The first kappa shape index (κ1) is 20.1. The van der Waals surface area contributed by atoms with E-state index in [9.17, 15) is 4.79 Å². The van der Waals surface area contributed by atoms with Crippen molar-refractivity contribution in [2.45, 2.75) is 18.8 Å². The Morgan fingerprint density at radius 2 is 1.83 bits per heavy atom. The molecule has 1 saturated heterocycles. The van der Waals surface area contributed by atoms with E-state index in [0.717, 1.165) is 47.6 Å². The zero-order valence-corrected chi connectivity index (χ0v) is 17.3. The lowest BCUT2D eigenvalue weighted by atomic mass is 9.85. The van der Waals surface area contributed by atoms with Crippen molar-refractivity contribution in [2.75, 3.05) is 26.7 Å². The van der Waals surface area contributed by atoms with Crippen LogP contribution in [0.15, 0.2) is 67.0 Å². The molecule has 0 saturated carbocycles. The zero-order chi connectivity index (χ0) is 20.9. The van der Waals surface area contributed by atoms with Crippen LogP contribution in [0.2, 0.25) is 0 Å². The molecule has 2 heterocycles. The minimum absolute atomic E-state index is 0.0162. The number of likely N-dealkylation sites (tertiary alicyclic amines) is 1. The number of aromatic nitrogens is 1. The monoisotopic (exact) mass is 401 g/mol. The number of carbonyl (C=O) groups is 1. The second-order valence-corrected chi connectivity index (χ2v) is 7.74. The molecule has 2 N–H and O–H groups in total. The van der Waals surface area contributed by atoms with E-state index in [1.807, 2.05) is 36.4 Å². The van der Waals surface area contributed by atoms with Gasteiger partial charge in [0.2, 0.25) is 5.91 Å². The first-order chi connectivity index (χ1) is 14.7. The highest BCUT2D eigenvalue weighted by Crippen LogP contribution is 2.34. The van der Waals surface area contributed by atoms with Gasteiger partial charge in [-0.25, -0.2) is 0 Å². The molecule has 1 aromatic heterocycles. The summed E-state index contributed by atoms with van der Waals surface area (Å²) in [5.41, 5.74) is 10.6. The van der Waals surface area contributed by atoms with E-state index >= 15 is 0 Å². The summed E-state index contributed by atoms with van der Waals surface area (Å²) in [6.45, 7) is 3.00. The molecule has 0 bridgehead atoms. The largest absolute Gasteiger partial charge is 0.497 e. The van der Waals surface area contributed by atoms with Gasteiger partial charge in [-0.1, -0.05) is 18.2 Å². The van der Waals surface area contributed by atoms with Crippen LogP contribution in [0.4, 0.5) is 0 Å². The molecule has 2 aromatic carbocycles. The predicted octanol–water partition coefficient (Wildman–Crippen LogP) is 4.08. The molecule has 5 nitrogen and oxygen atoms in total. The van der Waals surface area contributed by atoms with Gasteiger partial charge in [0.25, 0.3) is 0 Å². The third kappa shape index (κ3) is 4.36. The number of carbonyl (C=O) groups excluding carboxylic acids is 1. The average molecular weight is 402 g/mol. The Kier molecular flexibility index (Phi) is 6.10. The quantitative estimate of drug-likeness (QED) is 0.648. The van der Waals surface area contributed by atoms with Gasteiger partial charge < -0.3 is 15.4 Å². The molecule has 5 heteroatoms. The van der Waals surface area contributed by atoms with Crippen LogP contribution in [0.25, 0.3) is 11.1 Å². The third-order valence-electron chi connectivity index (χ3n) is 5.84. The summed E-state index contributed by atoms with van der Waals surface area (Å²) in [5, 5.41) is 0. The van der Waals surface area contributed by atoms with E-state index in [4.69, 9.17) is 10.5 Å². The lowest BCUT2D eigenvalue weighted by Crippen LogP contribution is -2.28. The number of benzene rings is 2. The normalized spacial score (nSPS) is 15.1. The highest BCUT2D eigenvalue weighted by Gasteiger charge is 2.25. The molecule has 4 rings (SSSR count). The molecule has 1 aliphatic rings. The van der Waals surface area contributed by atoms with Crippen LogP contribution in [-0.2, 0) is 0 Å². The molecular formula is C25H27N3O2. The fourth-order valence-electron chi connectivity index (χ4n) is 4.26. The number of nitrogens with two attached hydrogens (primary N) is 1. The topological polar surface area (TPSA) is 68.4 Å². The minimum atomic E-state index is -0.402. The SMILES string of the molecule is COc1cccc([C@H](CN2CCCC2)c2cc(-c3ccncc3)ccc2C(N)=O)c1. The number of primary amides is 1. The van der Waals surface area contributed by atoms with Crippen LogP contribution in [-0.4, -0.2) is 42.5 Å². The Balaban J connectivity index is 1.84. The highest BCUT2D eigenvalue weighted by atomic mass is 16.5. The summed E-state index contributed by atoms with van der Waals surface area (Å²) in [5.74, 6) is 0.424. The van der Waals surface area contributed by atoms with Crippen molar-refractivity contribution in [2.24, 2.45) is 5.73 Å². The lowest BCUT2D eigenvalue weighted by molar-refractivity contribution is 0.0999. The first-order valence-electron chi connectivity index (χ1n) is 10.4. The van der Waals surface area contributed by atoms with E-state index in [1.165, 1.54) is 12.8 Å². The second-order valence-electron chi connectivity index (χ2n) is 7.74. The summed E-state index contributed by atoms with van der Waals surface area (Å²) in [6.07, 6.45) is 5.98. The van der Waals surface area contributed by atoms with Crippen molar-refractivity contribution >= 4 is 5.91 Å². The van der Waals surface area contributed by atoms with Gasteiger partial charge in [0.1, 0.15) is 5.75 Å². The summed E-state index contributed by atoms with van der Waals surface area (Å²) < 4.78 is 5.47. The predicted molar refractivity (Wildman–Crippen MR) is 119 cm³/mol. The van der Waals surface area contributed by atoms with Crippen LogP contribution >= 0.6 is 0 Å². The number of amides is 1. The number of hydrogen-bond acceptors (Lipinski definition) is 4. The van der Waals surface area contributed by atoms with Crippen molar-refractivity contribution in [3.05, 3.63) is 83.7 Å². The maximum atomic E-state index is 12.3. The van der Waals surface area contributed by atoms with Crippen molar-refractivity contribution in [1.82, 2.24) is 9.88 Å². The van der Waals surface area contributed by atoms with Crippen LogP contribution in [0.3, 0.4) is 0 Å². The van der Waals surface area contributed by atoms with E-state index in [1.54, 1.807) is 19.5 Å². The Bertz CT molecular complexity index is 1010. The van der Waals surface area contributed by atoms with Crippen molar-refractivity contribution in [1.29, 1.82) is 0 Å². The van der Waals surface area contributed by atoms with Gasteiger partial charge in [0, 0.05) is 30.4 Å². The number of methoxy groups -OCH3 is 1. The molecule has 0 unspecified atom stereocenters. The van der Waals surface area contributed by atoms with Gasteiger partial charge in [-0.05, 0) is 84.6 Å². The van der Waals surface area contributed by atoms with Crippen LogP contribution in [0.1, 0.15) is 40.2 Å². The molecule has 30 heavy (non-hydrogen) atoms. The van der Waals surface area contributed by atoms with Gasteiger partial charge in [-0.3, -0.25) is 9.78 Å². The minimum Gasteiger partial charge on any atom is -0.497 e. The first-order valence-corrected chi connectivity index (χ1v) is 10.4. The molecule has 3 aromatic rings. The van der Waals surface area contributed by atoms with Crippen LogP contribution in [0.5, 0.6) is 5.75 Å². The van der Waals surface area contributed by atoms with Crippen LogP contribution in [0, 0.1) is 0 Å². The Labute approximate surface area is 177 Å². The van der Waals surface area contributed by atoms with Gasteiger partial charge in [0.15, 0.2) is 0 Å². The third-order valence-corrected chi connectivity index (χ3v) is 5.84. The van der Waals surface area contributed by atoms with Gasteiger partial charge in [0.05, 0.1) is 7.11 Å². The Morgan fingerprint density at radius 1 is 1.07 bits per heavy atom. The molecule has 1 aliphatic heterocycles. The molecule has 1 amide bonds. The summed E-state index contributed by atoms with van der Waals surface area (Å²) in [4.78, 5) is 18.9. The Hall–Kier alpha value is -3.18. The fourth-order valence-corrected chi connectivity index (χ4v) is 4.26. The Morgan fingerprint density at radius 3 is 2.53 bits per heavy atom. The fraction of sp³-hybridized carbons (Fsp3) is 0.280. The molecule has 1 atom stereocenters. The maximum Gasteiger partial charge on any atom is 0.249 e. The summed E-state index contributed by atoms with van der Waals surface area (Å²) >= 11 is 0. The van der Waals surface area contributed by atoms with E-state index in [2.05, 4.69) is 28.1 Å². The standard InChI is InChI=1S/C25H27N3O2/c1-30-21-6-4-5-20(15-21)24(17-28-13-2-3-14-28)23-16-19(7-8-22(23)25(26)29)18-9-11-27-12-10-18/h4-12,15-16,24H,2-3,13-14,17H2,1H3,(H2,26,29)/t24-/m0/s1. The molecular weight excluding hydrogens is 374 g/mol. The summed E-state index contributed by atoms with van der Waals surface area (Å²) in [6, 6.07) is 18.0. The average Bonchev–Trinajstić information content (AvgIpc) is 3.31. The lowest BCUT2D eigenvalue weighted by Gasteiger charge is -2.26. The molecule has 0 radical (unpaired) electrons. The highest BCUT2D eigenvalue weighted by molar-refractivity contribution is 5.95. The van der Waals surface area contributed by atoms with E-state index in [-0.39, 0.29) is 5.92 Å². The maximum absolute atomic E-state index is 12.3. The molecule has 154 valence electrons. The summed E-state index contributed by atoms with van der Waals surface area (Å²) in [7, 11) is 1.67. The zero-order valence-electron chi connectivity index (χ0n) is 17.3. The molecule has 1 fully saturated rings. The smallest absolute Gasteiger partial charge is 0.249 e. The van der Waals surface area contributed by atoms with Crippen LogP contribution < -0.4 is 10.5 Å². The number of rotatable bonds is 7. The number of ether oxygens (including phenoxy) is 1. The molecule has 0 aliphatic carbocycles. The van der Waals surface area contributed by atoms with Crippen molar-refractivity contribution in [3.8, 4) is 16.9 Å². The van der Waals surface area contributed by atoms with Crippen molar-refractivity contribution in [3.63, 3.8) is 0 Å².